The molecule has 0 unspecified atom stereocenters. The van der Waals surface area contributed by atoms with Gasteiger partial charge in [0.25, 0.3) is 5.91 Å². The van der Waals surface area contributed by atoms with E-state index in [0.717, 1.165) is 0 Å². The Morgan fingerprint density at radius 2 is 1.95 bits per heavy atom. The van der Waals surface area contributed by atoms with Crippen molar-refractivity contribution in [2.45, 2.75) is 0 Å². The Kier molecular flexibility index (Phi) is 3.98. The number of nitrogens with zero attached hydrogens (tertiary/aromatic N) is 1. The van der Waals surface area contributed by atoms with E-state index in [1.807, 2.05) is 0 Å². The normalized spacial score (nSPS) is 12.9. The van der Waals surface area contributed by atoms with Crippen LogP contribution < -0.4 is 14.8 Å². The number of carbonyl (C=O) groups is 1. The van der Waals surface area contributed by atoms with Crippen LogP contribution >= 0.6 is 27.5 Å². The lowest BCUT2D eigenvalue weighted by Gasteiger charge is -2.20. The molecule has 1 aliphatic rings. The molecule has 0 fully saturated rings. The lowest BCUT2D eigenvalue weighted by molar-refractivity contribution is 0.102. The van der Waals surface area contributed by atoms with E-state index in [0.29, 0.717) is 39.9 Å². The van der Waals surface area contributed by atoms with Gasteiger partial charge in [0, 0.05) is 27.8 Å². The number of ether oxygens (including phenoxy) is 2. The van der Waals surface area contributed by atoms with Crippen molar-refractivity contribution in [2.24, 2.45) is 0 Å². The molecular weight excluding hydrogens is 360 g/mol. The summed E-state index contributed by atoms with van der Waals surface area (Å²) in [4.78, 5) is 16.1. The zero-order valence-corrected chi connectivity index (χ0v) is 13.1. The Hall–Kier alpha value is -1.79. The second kappa shape index (κ2) is 5.91. The van der Waals surface area contributed by atoms with Crippen LogP contribution in [0.5, 0.6) is 11.5 Å². The molecule has 0 bridgehead atoms. The van der Waals surface area contributed by atoms with Crippen molar-refractivity contribution in [3.63, 3.8) is 0 Å². The number of carbonyl (C=O) groups excluding carboxylic acids is 1. The third kappa shape index (κ3) is 3.11. The van der Waals surface area contributed by atoms with Crippen molar-refractivity contribution >= 4 is 39.1 Å². The predicted molar refractivity (Wildman–Crippen MR) is 82.3 cm³/mol. The number of nitrogens with one attached hydrogen (secondary N) is 1. The number of rotatable bonds is 2. The lowest BCUT2D eigenvalue weighted by atomic mass is 10.2. The van der Waals surface area contributed by atoms with Crippen molar-refractivity contribution in [3.05, 3.63) is 45.7 Å². The summed E-state index contributed by atoms with van der Waals surface area (Å²) in [6.07, 6.45) is 1.48. The van der Waals surface area contributed by atoms with Gasteiger partial charge in [-0.05, 0) is 28.1 Å². The van der Waals surface area contributed by atoms with Gasteiger partial charge in [-0.2, -0.15) is 0 Å². The van der Waals surface area contributed by atoms with E-state index in [9.17, 15) is 4.79 Å². The van der Waals surface area contributed by atoms with Gasteiger partial charge in [-0.15, -0.1) is 0 Å². The van der Waals surface area contributed by atoms with Gasteiger partial charge < -0.3 is 14.8 Å². The second-order valence-corrected chi connectivity index (χ2v) is 5.58. The monoisotopic (exact) mass is 368 g/mol. The third-order valence-corrected chi connectivity index (χ3v) is 3.73. The van der Waals surface area contributed by atoms with Gasteiger partial charge in [-0.1, -0.05) is 11.6 Å². The highest BCUT2D eigenvalue weighted by atomic mass is 79.9. The van der Waals surface area contributed by atoms with Crippen LogP contribution in [0.4, 0.5) is 5.69 Å². The molecule has 3 rings (SSSR count). The first-order chi connectivity index (χ1) is 10.1. The summed E-state index contributed by atoms with van der Waals surface area (Å²) < 4.78 is 11.7. The molecule has 108 valence electrons. The number of halogens is 2. The average Bonchev–Trinajstić information content (AvgIpc) is 2.48. The van der Waals surface area contributed by atoms with Crippen LogP contribution in [0.1, 0.15) is 10.5 Å². The first kappa shape index (κ1) is 14.2. The van der Waals surface area contributed by atoms with E-state index in [4.69, 9.17) is 21.1 Å². The first-order valence-electron chi connectivity index (χ1n) is 6.15. The summed E-state index contributed by atoms with van der Waals surface area (Å²) in [5, 5.41) is 3.22. The molecule has 0 aliphatic carbocycles. The standard InChI is InChI=1S/C14H10BrClN2O3/c15-9-6-12-13(21-4-3-20-12)7-10(9)18-14(19)11-5-8(16)1-2-17-11/h1-2,5-7H,3-4H2,(H,18,19). The van der Waals surface area contributed by atoms with Crippen LogP contribution in [-0.4, -0.2) is 24.1 Å². The van der Waals surface area contributed by atoms with Crippen molar-refractivity contribution in [1.82, 2.24) is 4.98 Å². The smallest absolute Gasteiger partial charge is 0.274 e. The summed E-state index contributed by atoms with van der Waals surface area (Å²) >= 11 is 9.25. The predicted octanol–water partition coefficient (Wildman–Crippen LogP) is 3.52. The van der Waals surface area contributed by atoms with Crippen molar-refractivity contribution in [1.29, 1.82) is 0 Å². The average molecular weight is 370 g/mol. The van der Waals surface area contributed by atoms with Crippen LogP contribution in [0.25, 0.3) is 0 Å². The maximum absolute atomic E-state index is 12.2. The molecule has 0 radical (unpaired) electrons. The molecule has 2 heterocycles. The first-order valence-corrected chi connectivity index (χ1v) is 7.32. The zero-order valence-electron chi connectivity index (χ0n) is 10.7. The van der Waals surface area contributed by atoms with Crippen LogP contribution in [0.2, 0.25) is 5.02 Å². The minimum atomic E-state index is -0.352. The minimum Gasteiger partial charge on any atom is -0.486 e. The number of hydrogen-bond donors (Lipinski definition) is 1. The minimum absolute atomic E-state index is 0.240. The summed E-state index contributed by atoms with van der Waals surface area (Å²) in [6, 6.07) is 6.58. The quantitative estimate of drug-likeness (QED) is 0.880. The number of amides is 1. The largest absolute Gasteiger partial charge is 0.486 e. The third-order valence-electron chi connectivity index (χ3n) is 2.83. The molecule has 0 saturated carbocycles. The highest BCUT2D eigenvalue weighted by Gasteiger charge is 2.17. The van der Waals surface area contributed by atoms with Crippen molar-refractivity contribution in [2.75, 3.05) is 18.5 Å². The number of fused-ring (bicyclic) bond motifs is 1. The van der Waals surface area contributed by atoms with Crippen LogP contribution in [-0.2, 0) is 0 Å². The molecular formula is C14H10BrClN2O3. The molecule has 2 aromatic rings. The maximum atomic E-state index is 12.2. The fraction of sp³-hybridized carbons (Fsp3) is 0.143. The number of benzene rings is 1. The zero-order chi connectivity index (χ0) is 14.8. The number of pyridine rings is 1. The van der Waals surface area contributed by atoms with Crippen LogP contribution in [0, 0.1) is 0 Å². The molecule has 1 N–H and O–H groups in total. The topological polar surface area (TPSA) is 60.5 Å². The summed E-state index contributed by atoms with van der Waals surface area (Å²) in [5.41, 5.74) is 0.815. The Morgan fingerprint density at radius 1 is 1.24 bits per heavy atom. The van der Waals surface area contributed by atoms with E-state index < -0.39 is 0 Å². The van der Waals surface area contributed by atoms with Crippen LogP contribution in [0.15, 0.2) is 34.9 Å². The van der Waals surface area contributed by atoms with Crippen molar-refractivity contribution < 1.29 is 14.3 Å². The maximum Gasteiger partial charge on any atom is 0.274 e. The number of hydrogen-bond acceptors (Lipinski definition) is 4. The van der Waals surface area contributed by atoms with Gasteiger partial charge in [0.15, 0.2) is 11.5 Å². The molecule has 1 aliphatic heterocycles. The molecule has 21 heavy (non-hydrogen) atoms. The molecule has 0 spiro atoms. The van der Waals surface area contributed by atoms with E-state index in [1.54, 1.807) is 18.2 Å². The van der Waals surface area contributed by atoms with E-state index in [2.05, 4.69) is 26.2 Å². The summed E-state index contributed by atoms with van der Waals surface area (Å²) in [6.45, 7) is 0.995. The Labute approximate surface area is 134 Å². The van der Waals surface area contributed by atoms with Gasteiger partial charge >= 0.3 is 0 Å². The highest BCUT2D eigenvalue weighted by Crippen LogP contribution is 2.38. The lowest BCUT2D eigenvalue weighted by Crippen LogP contribution is -2.17. The Balaban J connectivity index is 1.86. The number of anilines is 1. The molecule has 1 aromatic heterocycles. The van der Waals surface area contributed by atoms with E-state index in [-0.39, 0.29) is 11.6 Å². The van der Waals surface area contributed by atoms with Gasteiger partial charge in [-0.3, -0.25) is 9.78 Å². The van der Waals surface area contributed by atoms with E-state index in [1.165, 1.54) is 12.3 Å². The number of aromatic nitrogens is 1. The fourth-order valence-electron chi connectivity index (χ4n) is 1.88. The molecule has 0 saturated heterocycles. The Morgan fingerprint density at radius 3 is 2.67 bits per heavy atom. The summed E-state index contributed by atoms with van der Waals surface area (Å²) in [7, 11) is 0. The van der Waals surface area contributed by atoms with E-state index >= 15 is 0 Å². The second-order valence-electron chi connectivity index (χ2n) is 4.29. The van der Waals surface area contributed by atoms with Gasteiger partial charge in [-0.25, -0.2) is 0 Å². The van der Waals surface area contributed by atoms with Gasteiger partial charge in [0.1, 0.15) is 18.9 Å². The van der Waals surface area contributed by atoms with Gasteiger partial charge in [0.2, 0.25) is 0 Å². The molecule has 0 atom stereocenters. The van der Waals surface area contributed by atoms with Gasteiger partial charge in [0.05, 0.1) is 5.69 Å². The highest BCUT2D eigenvalue weighted by molar-refractivity contribution is 9.10. The SMILES string of the molecule is O=C(Nc1cc2c(cc1Br)OCCO2)c1cc(Cl)ccn1. The van der Waals surface area contributed by atoms with Crippen LogP contribution in [0.3, 0.4) is 0 Å². The summed E-state index contributed by atoms with van der Waals surface area (Å²) in [5.74, 6) is 0.890. The molecule has 7 heteroatoms. The molecule has 1 aromatic carbocycles. The molecule has 5 nitrogen and oxygen atoms in total. The molecule has 1 amide bonds. The Bertz CT molecular complexity index is 709. The fourth-order valence-corrected chi connectivity index (χ4v) is 2.46. The van der Waals surface area contributed by atoms with Crippen molar-refractivity contribution in [3.8, 4) is 11.5 Å².